The zero-order chi connectivity index (χ0) is 12.5. The summed E-state index contributed by atoms with van der Waals surface area (Å²) in [7, 11) is 0. The van der Waals surface area contributed by atoms with Crippen LogP contribution < -0.4 is 10.3 Å². The minimum atomic E-state index is -0.426. The Kier molecular flexibility index (Phi) is 2.34. The van der Waals surface area contributed by atoms with Gasteiger partial charge in [0.2, 0.25) is 6.33 Å². The lowest BCUT2D eigenvalue weighted by Crippen LogP contribution is -2.30. The highest BCUT2D eigenvalue weighted by Crippen LogP contribution is 2.14. The fraction of sp³-hybridized carbons (Fsp3) is 0. The monoisotopic (exact) mass is 238 g/mol. The number of carbonyl (C=O) groups is 1. The molecule has 0 bridgehead atoms. The van der Waals surface area contributed by atoms with Gasteiger partial charge < -0.3 is 5.73 Å². The van der Waals surface area contributed by atoms with E-state index < -0.39 is 5.91 Å². The molecular formula is C14H12N3O+. The molecule has 0 spiro atoms. The van der Waals surface area contributed by atoms with Gasteiger partial charge in [0.15, 0.2) is 11.0 Å². The number of H-pyrrole nitrogens is 1. The molecule has 18 heavy (non-hydrogen) atoms. The Morgan fingerprint density at radius 1 is 1.06 bits per heavy atom. The van der Waals surface area contributed by atoms with E-state index in [2.05, 4.69) is 4.98 Å². The highest BCUT2D eigenvalue weighted by molar-refractivity contribution is 6.02. The van der Waals surface area contributed by atoms with Crippen molar-refractivity contribution in [3.63, 3.8) is 0 Å². The van der Waals surface area contributed by atoms with Gasteiger partial charge in [-0.1, -0.05) is 24.3 Å². The zero-order valence-corrected chi connectivity index (χ0v) is 9.63. The summed E-state index contributed by atoms with van der Waals surface area (Å²) in [5.41, 5.74) is 8.60. The van der Waals surface area contributed by atoms with Gasteiger partial charge in [0.1, 0.15) is 5.69 Å². The van der Waals surface area contributed by atoms with Crippen LogP contribution in [0.3, 0.4) is 0 Å². The van der Waals surface area contributed by atoms with Gasteiger partial charge in [-0.3, -0.25) is 4.79 Å². The first-order valence-corrected chi connectivity index (χ1v) is 5.64. The van der Waals surface area contributed by atoms with Gasteiger partial charge in [0, 0.05) is 0 Å². The topological polar surface area (TPSA) is 62.8 Å². The van der Waals surface area contributed by atoms with Crippen LogP contribution in [-0.4, -0.2) is 10.9 Å². The minimum absolute atomic E-state index is 0.426. The smallest absolute Gasteiger partial charge is 0.253 e. The van der Waals surface area contributed by atoms with Crippen LogP contribution in [-0.2, 0) is 0 Å². The lowest BCUT2D eigenvalue weighted by Gasteiger charge is -1.99. The van der Waals surface area contributed by atoms with Gasteiger partial charge in [-0.2, -0.15) is 4.57 Å². The molecule has 3 N–H and O–H groups in total. The van der Waals surface area contributed by atoms with Crippen molar-refractivity contribution in [2.24, 2.45) is 5.73 Å². The largest absolute Gasteiger partial charge is 0.365 e. The number of hydrogen-bond donors (Lipinski definition) is 2. The van der Waals surface area contributed by atoms with Crippen LogP contribution in [0.15, 0.2) is 54.9 Å². The quantitative estimate of drug-likeness (QED) is 0.654. The van der Waals surface area contributed by atoms with Crippen molar-refractivity contribution in [1.29, 1.82) is 0 Å². The fourth-order valence-electron chi connectivity index (χ4n) is 2.11. The Balaban J connectivity index is 2.35. The number of amides is 1. The van der Waals surface area contributed by atoms with E-state index in [-0.39, 0.29) is 0 Å². The second-order valence-corrected chi connectivity index (χ2v) is 4.04. The Morgan fingerprint density at radius 3 is 2.56 bits per heavy atom. The van der Waals surface area contributed by atoms with E-state index in [0.29, 0.717) is 5.56 Å². The number of benzene rings is 2. The second kappa shape index (κ2) is 4.00. The summed E-state index contributed by atoms with van der Waals surface area (Å²) in [4.78, 5) is 14.6. The molecule has 0 aliphatic heterocycles. The summed E-state index contributed by atoms with van der Waals surface area (Å²) in [5, 5.41) is 0. The van der Waals surface area contributed by atoms with Crippen LogP contribution in [0.2, 0.25) is 0 Å². The number of nitrogens with zero attached hydrogens (tertiary/aromatic N) is 1. The van der Waals surface area contributed by atoms with Crippen LogP contribution in [0.25, 0.3) is 16.7 Å². The SMILES string of the molecule is NC(=O)c1cccc2[nH]c[n+](-c3ccccc3)c12. The molecule has 0 radical (unpaired) electrons. The summed E-state index contributed by atoms with van der Waals surface area (Å²) in [6.07, 6.45) is 1.83. The number of fused-ring (bicyclic) bond motifs is 1. The number of imidazole rings is 1. The fourth-order valence-corrected chi connectivity index (χ4v) is 2.11. The normalized spacial score (nSPS) is 10.7. The molecule has 3 rings (SSSR count). The molecule has 1 amide bonds. The van der Waals surface area contributed by atoms with Crippen molar-refractivity contribution in [2.45, 2.75) is 0 Å². The molecule has 0 aliphatic rings. The number of nitrogens with two attached hydrogens (primary N) is 1. The maximum absolute atomic E-state index is 11.5. The highest BCUT2D eigenvalue weighted by Gasteiger charge is 2.18. The van der Waals surface area contributed by atoms with Crippen LogP contribution in [0, 0.1) is 0 Å². The van der Waals surface area contributed by atoms with Gasteiger partial charge in [-0.05, 0) is 24.3 Å². The molecule has 4 heteroatoms. The zero-order valence-electron chi connectivity index (χ0n) is 9.63. The molecule has 0 fully saturated rings. The van der Waals surface area contributed by atoms with Gasteiger partial charge in [0.25, 0.3) is 5.91 Å². The van der Waals surface area contributed by atoms with Crippen molar-refractivity contribution < 1.29 is 9.36 Å². The first-order valence-electron chi connectivity index (χ1n) is 5.64. The van der Waals surface area contributed by atoms with Crippen molar-refractivity contribution in [2.75, 3.05) is 0 Å². The Bertz CT molecular complexity index is 716. The minimum Gasteiger partial charge on any atom is -0.365 e. The number of aromatic nitrogens is 2. The molecule has 1 aromatic heterocycles. The number of carbonyl (C=O) groups excluding carboxylic acids is 1. The summed E-state index contributed by atoms with van der Waals surface area (Å²) in [6.45, 7) is 0. The van der Waals surface area contributed by atoms with Crippen LogP contribution in [0.1, 0.15) is 10.4 Å². The van der Waals surface area contributed by atoms with Gasteiger partial charge in [0.05, 0.1) is 5.56 Å². The maximum Gasteiger partial charge on any atom is 0.253 e. The molecule has 3 aromatic rings. The van der Waals surface area contributed by atoms with Crippen molar-refractivity contribution in [1.82, 2.24) is 4.98 Å². The number of aromatic amines is 1. The average molecular weight is 238 g/mol. The summed E-state index contributed by atoms with van der Waals surface area (Å²) in [5.74, 6) is -0.426. The molecule has 0 unspecified atom stereocenters. The Morgan fingerprint density at radius 2 is 1.83 bits per heavy atom. The average Bonchev–Trinajstić information content (AvgIpc) is 2.83. The van der Waals surface area contributed by atoms with E-state index in [1.807, 2.05) is 53.4 Å². The lowest BCUT2D eigenvalue weighted by molar-refractivity contribution is -0.567. The van der Waals surface area contributed by atoms with E-state index >= 15 is 0 Å². The highest BCUT2D eigenvalue weighted by atomic mass is 16.1. The summed E-state index contributed by atoms with van der Waals surface area (Å²) >= 11 is 0. The van der Waals surface area contributed by atoms with Gasteiger partial charge in [-0.15, -0.1) is 0 Å². The third-order valence-corrected chi connectivity index (χ3v) is 2.93. The van der Waals surface area contributed by atoms with Crippen molar-refractivity contribution in [3.8, 4) is 5.69 Å². The number of primary amides is 1. The molecule has 4 nitrogen and oxygen atoms in total. The lowest BCUT2D eigenvalue weighted by atomic mass is 10.1. The maximum atomic E-state index is 11.5. The van der Waals surface area contributed by atoms with Gasteiger partial charge in [-0.25, -0.2) is 4.98 Å². The first kappa shape index (κ1) is 10.5. The predicted octanol–water partition coefficient (Wildman–Crippen LogP) is 1.54. The molecule has 2 aromatic carbocycles. The Labute approximate surface area is 104 Å². The molecule has 0 saturated heterocycles. The summed E-state index contributed by atoms with van der Waals surface area (Å²) < 4.78 is 1.93. The van der Waals surface area contributed by atoms with E-state index in [1.54, 1.807) is 6.07 Å². The van der Waals surface area contributed by atoms with Crippen LogP contribution in [0.4, 0.5) is 0 Å². The predicted molar refractivity (Wildman–Crippen MR) is 68.3 cm³/mol. The Hall–Kier alpha value is -2.62. The van der Waals surface area contributed by atoms with Gasteiger partial charge >= 0.3 is 0 Å². The van der Waals surface area contributed by atoms with Crippen LogP contribution in [0.5, 0.6) is 0 Å². The van der Waals surface area contributed by atoms with E-state index in [9.17, 15) is 4.79 Å². The molecule has 0 aliphatic carbocycles. The van der Waals surface area contributed by atoms with E-state index in [1.165, 1.54) is 0 Å². The molecule has 0 saturated carbocycles. The first-order chi connectivity index (χ1) is 8.77. The number of hydrogen-bond acceptors (Lipinski definition) is 1. The van der Waals surface area contributed by atoms with E-state index in [4.69, 9.17) is 5.73 Å². The third-order valence-electron chi connectivity index (χ3n) is 2.93. The van der Waals surface area contributed by atoms with Crippen LogP contribution >= 0.6 is 0 Å². The second-order valence-electron chi connectivity index (χ2n) is 4.04. The third kappa shape index (κ3) is 1.55. The van der Waals surface area contributed by atoms with E-state index in [0.717, 1.165) is 16.7 Å². The number of para-hydroxylation sites is 2. The number of rotatable bonds is 2. The summed E-state index contributed by atoms with van der Waals surface area (Å²) in [6, 6.07) is 15.3. The molecular weight excluding hydrogens is 226 g/mol. The van der Waals surface area contributed by atoms with Crippen molar-refractivity contribution >= 4 is 16.9 Å². The van der Waals surface area contributed by atoms with Crippen molar-refractivity contribution in [3.05, 3.63) is 60.4 Å². The standard InChI is InChI=1S/C14H11N3O/c15-14(18)11-7-4-8-12-13(11)17(9-16-12)10-5-2-1-3-6-10/h1-9H,(H2,15,18)/p+1. The number of nitrogens with one attached hydrogen (secondary N) is 1. The molecule has 88 valence electrons. The molecule has 1 heterocycles. The molecule has 0 atom stereocenters.